The molecule has 0 aliphatic heterocycles. The molecule has 1 N–H and O–H groups in total. The second-order valence-electron chi connectivity index (χ2n) is 5.13. The summed E-state index contributed by atoms with van der Waals surface area (Å²) < 4.78 is 26.9. The average Bonchev–Trinajstić information content (AvgIpc) is 2.27. The predicted octanol–water partition coefficient (Wildman–Crippen LogP) is 3.27. The Morgan fingerprint density at radius 1 is 1.16 bits per heavy atom. The molecule has 0 heterocycles. The van der Waals surface area contributed by atoms with Crippen LogP contribution in [0.1, 0.15) is 38.7 Å². The first-order valence-electron chi connectivity index (χ1n) is 6.49. The second-order valence-corrected chi connectivity index (χ2v) is 8.49. The van der Waals surface area contributed by atoms with Gasteiger partial charge in [0.15, 0.2) is 0 Å². The molecule has 1 aromatic carbocycles. The molecule has 0 radical (unpaired) electrons. The van der Waals surface area contributed by atoms with Crippen molar-refractivity contribution in [3.05, 3.63) is 35.9 Å². The maximum Gasteiger partial charge on any atom is 0.212 e. The van der Waals surface area contributed by atoms with E-state index < -0.39 is 10.0 Å². The molecular formula is C14H22BrNO2S. The summed E-state index contributed by atoms with van der Waals surface area (Å²) in [6.07, 6.45) is 0.777. The smallest absolute Gasteiger partial charge is 0.212 e. The third kappa shape index (κ3) is 6.54. The summed E-state index contributed by atoms with van der Waals surface area (Å²) in [5.74, 6) is 0.116. The van der Waals surface area contributed by atoms with Gasteiger partial charge in [0.2, 0.25) is 10.0 Å². The first kappa shape index (κ1) is 16.7. The molecule has 0 fully saturated rings. The minimum Gasteiger partial charge on any atom is -0.212 e. The fourth-order valence-electron chi connectivity index (χ4n) is 2.10. The lowest BCUT2D eigenvalue weighted by molar-refractivity contribution is 0.544. The van der Waals surface area contributed by atoms with Crippen molar-refractivity contribution in [3.63, 3.8) is 0 Å². The van der Waals surface area contributed by atoms with Crippen LogP contribution in [0.5, 0.6) is 0 Å². The molecule has 3 nitrogen and oxygen atoms in total. The zero-order valence-corrected chi connectivity index (χ0v) is 14.0. The SMILES string of the molecule is CC(Br)CC(C)NS(=O)(=O)CC(C)c1ccccc1. The van der Waals surface area contributed by atoms with E-state index in [1.807, 2.05) is 51.1 Å². The summed E-state index contributed by atoms with van der Waals surface area (Å²) in [5, 5.41) is 0. The Hall–Kier alpha value is -0.390. The molecule has 3 atom stereocenters. The standard InChI is InChI=1S/C14H22BrNO2S/c1-11(14-7-5-4-6-8-14)10-19(17,18)16-13(3)9-12(2)15/h4-8,11-13,16H,9-10H2,1-3H3. The quantitative estimate of drug-likeness (QED) is 0.769. The van der Waals surface area contributed by atoms with Gasteiger partial charge in [-0.3, -0.25) is 0 Å². The minimum absolute atomic E-state index is 0.00714. The summed E-state index contributed by atoms with van der Waals surface area (Å²) in [4.78, 5) is 0.303. The van der Waals surface area contributed by atoms with Crippen LogP contribution in [0.15, 0.2) is 30.3 Å². The average molecular weight is 348 g/mol. The first-order valence-corrected chi connectivity index (χ1v) is 9.06. The molecule has 108 valence electrons. The van der Waals surface area contributed by atoms with Crippen LogP contribution in [0.2, 0.25) is 0 Å². The predicted molar refractivity (Wildman–Crippen MR) is 84.2 cm³/mol. The van der Waals surface area contributed by atoms with Gasteiger partial charge in [-0.05, 0) is 24.8 Å². The molecule has 0 saturated heterocycles. The fourth-order valence-corrected chi connectivity index (χ4v) is 4.31. The molecule has 5 heteroatoms. The van der Waals surface area contributed by atoms with Crippen molar-refractivity contribution in [1.82, 2.24) is 4.72 Å². The normalized spacial score (nSPS) is 16.8. The summed E-state index contributed by atoms with van der Waals surface area (Å²) in [5.41, 5.74) is 1.05. The van der Waals surface area contributed by atoms with Crippen LogP contribution in [-0.2, 0) is 10.0 Å². The highest BCUT2D eigenvalue weighted by Crippen LogP contribution is 2.17. The van der Waals surface area contributed by atoms with Gasteiger partial charge >= 0.3 is 0 Å². The van der Waals surface area contributed by atoms with Crippen LogP contribution in [0, 0.1) is 0 Å². The summed E-state index contributed by atoms with van der Waals surface area (Å²) in [6, 6.07) is 9.67. The molecule has 0 saturated carbocycles. The van der Waals surface area contributed by atoms with Gasteiger partial charge in [0.1, 0.15) is 0 Å². The topological polar surface area (TPSA) is 46.2 Å². The van der Waals surface area contributed by atoms with Crippen molar-refractivity contribution >= 4 is 26.0 Å². The lowest BCUT2D eigenvalue weighted by atomic mass is 10.0. The Kier molecular flexibility index (Phi) is 6.50. The number of alkyl halides is 1. The molecule has 0 bridgehead atoms. The van der Waals surface area contributed by atoms with Gasteiger partial charge in [0.05, 0.1) is 5.75 Å². The molecule has 0 aliphatic rings. The molecule has 19 heavy (non-hydrogen) atoms. The van der Waals surface area contributed by atoms with Gasteiger partial charge in [0.25, 0.3) is 0 Å². The molecule has 0 spiro atoms. The molecule has 1 rings (SSSR count). The van der Waals surface area contributed by atoms with Crippen LogP contribution in [-0.4, -0.2) is 25.0 Å². The van der Waals surface area contributed by atoms with E-state index in [0.29, 0.717) is 4.83 Å². The van der Waals surface area contributed by atoms with Gasteiger partial charge in [-0.25, -0.2) is 13.1 Å². The van der Waals surface area contributed by atoms with Gasteiger partial charge < -0.3 is 0 Å². The summed E-state index contributed by atoms with van der Waals surface area (Å²) in [7, 11) is -3.24. The number of hydrogen-bond donors (Lipinski definition) is 1. The monoisotopic (exact) mass is 347 g/mol. The second kappa shape index (κ2) is 7.41. The van der Waals surface area contributed by atoms with Gasteiger partial charge in [-0.2, -0.15) is 0 Å². The molecule has 0 aromatic heterocycles. The number of benzene rings is 1. The van der Waals surface area contributed by atoms with Crippen molar-refractivity contribution in [2.24, 2.45) is 0 Å². The molecule has 1 aromatic rings. The van der Waals surface area contributed by atoms with Crippen LogP contribution >= 0.6 is 15.9 Å². The van der Waals surface area contributed by atoms with Crippen molar-refractivity contribution in [3.8, 4) is 0 Å². The highest BCUT2D eigenvalue weighted by molar-refractivity contribution is 9.09. The molecular weight excluding hydrogens is 326 g/mol. The van der Waals surface area contributed by atoms with E-state index in [4.69, 9.17) is 0 Å². The van der Waals surface area contributed by atoms with E-state index in [2.05, 4.69) is 20.7 Å². The third-order valence-corrected chi connectivity index (χ3v) is 4.97. The Morgan fingerprint density at radius 3 is 2.26 bits per heavy atom. The van der Waals surface area contributed by atoms with E-state index in [9.17, 15) is 8.42 Å². The van der Waals surface area contributed by atoms with Crippen molar-refractivity contribution in [2.45, 2.75) is 44.0 Å². The van der Waals surface area contributed by atoms with Gasteiger partial charge in [0, 0.05) is 10.9 Å². The van der Waals surface area contributed by atoms with E-state index >= 15 is 0 Å². The zero-order valence-electron chi connectivity index (χ0n) is 11.6. The van der Waals surface area contributed by atoms with Gasteiger partial charge in [-0.15, -0.1) is 0 Å². The first-order chi connectivity index (χ1) is 8.80. The van der Waals surface area contributed by atoms with E-state index in [1.165, 1.54) is 0 Å². The zero-order chi connectivity index (χ0) is 14.5. The van der Waals surface area contributed by atoms with E-state index in [0.717, 1.165) is 12.0 Å². The molecule has 3 unspecified atom stereocenters. The van der Waals surface area contributed by atoms with Crippen LogP contribution in [0.25, 0.3) is 0 Å². The number of halogens is 1. The summed E-state index contributed by atoms with van der Waals surface area (Å²) >= 11 is 3.44. The minimum atomic E-state index is -3.24. The number of hydrogen-bond acceptors (Lipinski definition) is 2. The van der Waals surface area contributed by atoms with Crippen molar-refractivity contribution < 1.29 is 8.42 Å². The Balaban J connectivity index is 2.60. The molecule has 0 aliphatic carbocycles. The summed E-state index contributed by atoms with van der Waals surface area (Å²) in [6.45, 7) is 5.84. The van der Waals surface area contributed by atoms with Crippen molar-refractivity contribution in [2.75, 3.05) is 5.75 Å². The van der Waals surface area contributed by atoms with E-state index in [1.54, 1.807) is 0 Å². The molecule has 0 amide bonds. The third-order valence-electron chi connectivity index (χ3n) is 2.90. The Labute approximate surface area is 125 Å². The van der Waals surface area contributed by atoms with Crippen LogP contribution in [0.3, 0.4) is 0 Å². The Bertz CT molecular complexity index is 473. The highest BCUT2D eigenvalue weighted by Gasteiger charge is 2.19. The number of nitrogens with one attached hydrogen (secondary N) is 1. The lowest BCUT2D eigenvalue weighted by Crippen LogP contribution is -2.36. The highest BCUT2D eigenvalue weighted by atomic mass is 79.9. The van der Waals surface area contributed by atoms with Crippen LogP contribution < -0.4 is 4.72 Å². The number of rotatable bonds is 7. The lowest BCUT2D eigenvalue weighted by Gasteiger charge is -2.18. The largest absolute Gasteiger partial charge is 0.212 e. The number of sulfonamides is 1. The van der Waals surface area contributed by atoms with Crippen molar-refractivity contribution in [1.29, 1.82) is 0 Å². The fraction of sp³-hybridized carbons (Fsp3) is 0.571. The maximum atomic E-state index is 12.1. The van der Waals surface area contributed by atoms with Crippen LogP contribution in [0.4, 0.5) is 0 Å². The van der Waals surface area contributed by atoms with E-state index in [-0.39, 0.29) is 17.7 Å². The maximum absolute atomic E-state index is 12.1. The Morgan fingerprint density at radius 2 is 1.74 bits per heavy atom. The van der Waals surface area contributed by atoms with Gasteiger partial charge in [-0.1, -0.05) is 60.1 Å².